The quantitative estimate of drug-likeness (QED) is 0.765. The zero-order chi connectivity index (χ0) is 15.4. The molecule has 1 unspecified atom stereocenters. The van der Waals surface area contributed by atoms with Gasteiger partial charge in [0.25, 0.3) is 5.22 Å². The second-order valence-electron chi connectivity index (χ2n) is 5.14. The van der Waals surface area contributed by atoms with Gasteiger partial charge in [-0.1, -0.05) is 29.4 Å². The Kier molecular flexibility index (Phi) is 5.33. The normalized spacial score (nSPS) is 18.5. The molecule has 1 aromatic heterocycles. The van der Waals surface area contributed by atoms with Crippen LogP contribution in [-0.4, -0.2) is 28.7 Å². The molecule has 1 saturated heterocycles. The first-order valence-corrected chi connectivity index (χ1v) is 8.58. The van der Waals surface area contributed by atoms with Gasteiger partial charge in [0.2, 0.25) is 5.89 Å². The molecule has 0 bridgehead atoms. The number of rotatable bonds is 5. The Morgan fingerprint density at radius 2 is 2.23 bits per heavy atom. The number of hydrogen-bond acceptors (Lipinski definition) is 5. The fraction of sp³-hybridized carbons (Fsp3) is 0.467. The lowest BCUT2D eigenvalue weighted by molar-refractivity contribution is 0.0314. The molecular formula is C15H16ClFN2O2S. The van der Waals surface area contributed by atoms with E-state index >= 15 is 0 Å². The molecule has 0 N–H and O–H groups in total. The molecule has 0 aliphatic carbocycles. The minimum atomic E-state index is -0.365. The summed E-state index contributed by atoms with van der Waals surface area (Å²) in [4.78, 5) is 0. The minimum Gasteiger partial charge on any atom is -0.416 e. The van der Waals surface area contributed by atoms with Gasteiger partial charge in [0.1, 0.15) is 5.82 Å². The summed E-state index contributed by atoms with van der Waals surface area (Å²) in [5.41, 5.74) is 0.375. The molecule has 3 rings (SSSR count). The highest BCUT2D eigenvalue weighted by molar-refractivity contribution is 7.99. The molecule has 7 heteroatoms. The molecule has 1 aliphatic heterocycles. The molecule has 1 atom stereocenters. The van der Waals surface area contributed by atoms with E-state index in [4.69, 9.17) is 20.8 Å². The van der Waals surface area contributed by atoms with Crippen molar-refractivity contribution in [2.45, 2.75) is 37.0 Å². The van der Waals surface area contributed by atoms with Crippen molar-refractivity contribution in [3.8, 4) is 0 Å². The van der Waals surface area contributed by atoms with Gasteiger partial charge in [-0.2, -0.15) is 0 Å². The monoisotopic (exact) mass is 342 g/mol. The van der Waals surface area contributed by atoms with E-state index in [1.165, 1.54) is 24.2 Å². The second-order valence-corrected chi connectivity index (χ2v) is 6.52. The van der Waals surface area contributed by atoms with E-state index in [1.54, 1.807) is 12.1 Å². The van der Waals surface area contributed by atoms with E-state index < -0.39 is 0 Å². The third kappa shape index (κ3) is 4.00. The van der Waals surface area contributed by atoms with Gasteiger partial charge in [0, 0.05) is 22.9 Å². The van der Waals surface area contributed by atoms with Crippen molar-refractivity contribution in [1.29, 1.82) is 0 Å². The van der Waals surface area contributed by atoms with Crippen LogP contribution in [-0.2, 0) is 11.2 Å². The number of hydrogen-bond donors (Lipinski definition) is 0. The summed E-state index contributed by atoms with van der Waals surface area (Å²) in [5, 5.41) is 8.78. The number of thioether (sulfide) groups is 1. The van der Waals surface area contributed by atoms with Crippen molar-refractivity contribution < 1.29 is 13.5 Å². The van der Waals surface area contributed by atoms with Gasteiger partial charge in [0.15, 0.2) is 0 Å². The number of halogens is 2. The Hall–Kier alpha value is -1.11. The van der Waals surface area contributed by atoms with Crippen LogP contribution in [0.2, 0.25) is 5.02 Å². The Bertz CT molecular complexity index is 612. The zero-order valence-electron chi connectivity index (χ0n) is 11.9. The van der Waals surface area contributed by atoms with Crippen molar-refractivity contribution in [2.75, 3.05) is 12.4 Å². The van der Waals surface area contributed by atoms with Crippen LogP contribution in [0.1, 0.15) is 30.7 Å². The van der Waals surface area contributed by atoms with Gasteiger partial charge >= 0.3 is 0 Å². The summed E-state index contributed by atoms with van der Waals surface area (Å²) in [7, 11) is 0. The molecule has 1 aliphatic rings. The third-order valence-electron chi connectivity index (χ3n) is 3.50. The molecular weight excluding hydrogens is 327 g/mol. The lowest BCUT2D eigenvalue weighted by Crippen LogP contribution is -2.21. The van der Waals surface area contributed by atoms with E-state index in [9.17, 15) is 4.39 Å². The van der Waals surface area contributed by atoms with E-state index in [0.29, 0.717) is 21.7 Å². The van der Waals surface area contributed by atoms with E-state index in [-0.39, 0.29) is 18.3 Å². The summed E-state index contributed by atoms with van der Waals surface area (Å²) in [6, 6.07) is 4.58. The predicted molar refractivity (Wildman–Crippen MR) is 82.8 cm³/mol. The molecule has 1 aromatic carbocycles. The molecule has 0 amide bonds. The first-order valence-electron chi connectivity index (χ1n) is 7.22. The van der Waals surface area contributed by atoms with Crippen molar-refractivity contribution in [3.05, 3.63) is 40.5 Å². The van der Waals surface area contributed by atoms with Crippen molar-refractivity contribution in [1.82, 2.24) is 10.2 Å². The van der Waals surface area contributed by atoms with Crippen molar-refractivity contribution in [2.24, 2.45) is 0 Å². The summed E-state index contributed by atoms with van der Waals surface area (Å²) in [6.45, 7) is 0.825. The highest BCUT2D eigenvalue weighted by Gasteiger charge is 2.17. The highest BCUT2D eigenvalue weighted by Crippen LogP contribution is 2.25. The smallest absolute Gasteiger partial charge is 0.276 e. The van der Waals surface area contributed by atoms with Gasteiger partial charge in [-0.05, 0) is 31.4 Å². The molecule has 22 heavy (non-hydrogen) atoms. The molecule has 2 heterocycles. The van der Waals surface area contributed by atoms with Gasteiger partial charge in [-0.15, -0.1) is 10.2 Å². The van der Waals surface area contributed by atoms with Crippen LogP contribution >= 0.6 is 23.4 Å². The lowest BCUT2D eigenvalue weighted by Gasteiger charge is -2.21. The second kappa shape index (κ2) is 7.44. The molecule has 4 nitrogen and oxygen atoms in total. The van der Waals surface area contributed by atoms with E-state index in [2.05, 4.69) is 10.2 Å². The topological polar surface area (TPSA) is 48.2 Å². The third-order valence-corrected chi connectivity index (χ3v) is 4.81. The van der Waals surface area contributed by atoms with Crippen LogP contribution in [0.25, 0.3) is 0 Å². The number of benzene rings is 1. The lowest BCUT2D eigenvalue weighted by atomic mass is 10.1. The Morgan fingerprint density at radius 3 is 3.00 bits per heavy atom. The van der Waals surface area contributed by atoms with Crippen LogP contribution in [0.4, 0.5) is 4.39 Å². The summed E-state index contributed by atoms with van der Waals surface area (Å²) in [5.74, 6) is 0.789. The molecule has 0 saturated carbocycles. The van der Waals surface area contributed by atoms with Crippen molar-refractivity contribution in [3.63, 3.8) is 0 Å². The SMILES string of the molecule is Fc1cccc(Cl)c1Cc1nnc(SCC2CCCCO2)o1. The molecule has 118 valence electrons. The van der Waals surface area contributed by atoms with E-state index in [0.717, 1.165) is 25.2 Å². The van der Waals surface area contributed by atoms with Crippen LogP contribution in [0.15, 0.2) is 27.8 Å². The van der Waals surface area contributed by atoms with Gasteiger partial charge in [0.05, 0.1) is 12.5 Å². The number of ether oxygens (including phenoxy) is 1. The molecule has 0 radical (unpaired) electrons. The minimum absolute atomic E-state index is 0.193. The molecule has 2 aromatic rings. The van der Waals surface area contributed by atoms with Gasteiger partial charge < -0.3 is 9.15 Å². The van der Waals surface area contributed by atoms with Crippen LogP contribution in [0.5, 0.6) is 0 Å². The maximum absolute atomic E-state index is 13.7. The Labute approximate surface area is 137 Å². The van der Waals surface area contributed by atoms with Gasteiger partial charge in [-0.25, -0.2) is 4.39 Å². The molecule has 0 spiro atoms. The number of nitrogens with zero attached hydrogens (tertiary/aromatic N) is 2. The fourth-order valence-corrected chi connectivity index (χ4v) is 3.40. The predicted octanol–water partition coefficient (Wildman–Crippen LogP) is 4.11. The average Bonchev–Trinajstić information content (AvgIpc) is 2.98. The van der Waals surface area contributed by atoms with Crippen molar-refractivity contribution >= 4 is 23.4 Å². The number of aromatic nitrogens is 2. The highest BCUT2D eigenvalue weighted by atomic mass is 35.5. The zero-order valence-corrected chi connectivity index (χ0v) is 13.5. The Morgan fingerprint density at radius 1 is 1.32 bits per heavy atom. The summed E-state index contributed by atoms with van der Waals surface area (Å²) in [6.07, 6.45) is 3.84. The van der Waals surface area contributed by atoms with Gasteiger partial charge in [-0.3, -0.25) is 0 Å². The first kappa shape index (κ1) is 15.8. The maximum Gasteiger partial charge on any atom is 0.276 e. The largest absolute Gasteiger partial charge is 0.416 e. The van der Waals surface area contributed by atoms with E-state index in [1.807, 2.05) is 0 Å². The fourth-order valence-electron chi connectivity index (χ4n) is 2.32. The first-order chi connectivity index (χ1) is 10.7. The summed E-state index contributed by atoms with van der Waals surface area (Å²) < 4.78 is 24.9. The van der Waals surface area contributed by atoms with Crippen LogP contribution < -0.4 is 0 Å². The summed E-state index contributed by atoms with van der Waals surface area (Å²) >= 11 is 7.47. The average molecular weight is 343 g/mol. The van der Waals surface area contributed by atoms with Crippen LogP contribution in [0.3, 0.4) is 0 Å². The van der Waals surface area contributed by atoms with Crippen LogP contribution in [0, 0.1) is 5.82 Å². The Balaban J connectivity index is 1.59. The maximum atomic E-state index is 13.7. The molecule has 1 fully saturated rings. The standard InChI is InChI=1S/C15H16ClFN2O2S/c16-12-5-3-6-13(17)11(12)8-14-18-19-15(21-14)22-9-10-4-1-2-7-20-10/h3,5-6,10H,1-2,4,7-9H2.